The SMILES string of the molecule is O=C(CCn1ccnc1)Nc1cccc(C(=O)NCc2ccc(OCc3cccnc3)cc2)c1. The molecule has 0 unspecified atom stereocenters. The Labute approximate surface area is 197 Å². The molecule has 0 fully saturated rings. The molecular weight excluding hydrogens is 430 g/mol. The second-order valence-electron chi connectivity index (χ2n) is 7.66. The lowest BCUT2D eigenvalue weighted by molar-refractivity contribution is -0.116. The van der Waals surface area contributed by atoms with Gasteiger partial charge in [-0.05, 0) is 42.0 Å². The summed E-state index contributed by atoms with van der Waals surface area (Å²) in [5.74, 6) is 0.402. The number of nitrogens with zero attached hydrogens (tertiary/aromatic N) is 3. The number of hydrogen-bond acceptors (Lipinski definition) is 5. The first kappa shape index (κ1) is 22.7. The molecule has 8 heteroatoms. The van der Waals surface area contributed by atoms with Crippen LogP contribution in [0.25, 0.3) is 0 Å². The molecule has 172 valence electrons. The molecule has 2 aromatic carbocycles. The summed E-state index contributed by atoms with van der Waals surface area (Å²) in [6.45, 7) is 1.36. The van der Waals surface area contributed by atoms with E-state index >= 15 is 0 Å². The van der Waals surface area contributed by atoms with Crippen LogP contribution in [0, 0.1) is 0 Å². The summed E-state index contributed by atoms with van der Waals surface area (Å²) in [7, 11) is 0. The van der Waals surface area contributed by atoms with E-state index in [2.05, 4.69) is 20.6 Å². The van der Waals surface area contributed by atoms with Gasteiger partial charge in [0.1, 0.15) is 12.4 Å². The maximum atomic E-state index is 12.6. The van der Waals surface area contributed by atoms with Crippen LogP contribution >= 0.6 is 0 Å². The number of pyridine rings is 1. The van der Waals surface area contributed by atoms with Crippen molar-refractivity contribution in [3.63, 3.8) is 0 Å². The summed E-state index contributed by atoms with van der Waals surface area (Å²) in [4.78, 5) is 32.8. The highest BCUT2D eigenvalue weighted by Crippen LogP contribution is 2.15. The van der Waals surface area contributed by atoms with Crippen molar-refractivity contribution in [3.8, 4) is 5.75 Å². The van der Waals surface area contributed by atoms with Crippen LogP contribution in [0.2, 0.25) is 0 Å². The van der Waals surface area contributed by atoms with Gasteiger partial charge in [0.15, 0.2) is 0 Å². The molecule has 0 saturated carbocycles. The fourth-order valence-electron chi connectivity index (χ4n) is 3.25. The highest BCUT2D eigenvalue weighted by Gasteiger charge is 2.08. The van der Waals surface area contributed by atoms with E-state index in [0.717, 1.165) is 16.9 Å². The molecule has 0 aliphatic heterocycles. The van der Waals surface area contributed by atoms with E-state index in [1.54, 1.807) is 55.4 Å². The van der Waals surface area contributed by atoms with E-state index in [1.165, 1.54) is 0 Å². The lowest BCUT2D eigenvalue weighted by Gasteiger charge is -2.10. The van der Waals surface area contributed by atoms with Gasteiger partial charge in [0, 0.05) is 61.1 Å². The zero-order valence-corrected chi connectivity index (χ0v) is 18.6. The van der Waals surface area contributed by atoms with Gasteiger partial charge in [-0.2, -0.15) is 0 Å². The zero-order chi connectivity index (χ0) is 23.6. The van der Waals surface area contributed by atoms with Crippen molar-refractivity contribution in [2.24, 2.45) is 0 Å². The van der Waals surface area contributed by atoms with E-state index < -0.39 is 0 Å². The predicted molar refractivity (Wildman–Crippen MR) is 128 cm³/mol. The highest BCUT2D eigenvalue weighted by molar-refractivity contribution is 5.97. The minimum Gasteiger partial charge on any atom is -0.489 e. The molecule has 0 spiro atoms. The van der Waals surface area contributed by atoms with Crippen LogP contribution in [0.15, 0.2) is 91.8 Å². The molecule has 0 atom stereocenters. The third-order valence-corrected chi connectivity index (χ3v) is 5.07. The number of hydrogen-bond donors (Lipinski definition) is 2. The molecule has 4 aromatic rings. The van der Waals surface area contributed by atoms with Gasteiger partial charge in [0.2, 0.25) is 5.91 Å². The lowest BCUT2D eigenvalue weighted by atomic mass is 10.1. The molecule has 4 rings (SSSR count). The number of anilines is 1. The van der Waals surface area contributed by atoms with Crippen LogP contribution in [0.3, 0.4) is 0 Å². The maximum Gasteiger partial charge on any atom is 0.251 e. The number of benzene rings is 2. The van der Waals surface area contributed by atoms with Crippen LogP contribution < -0.4 is 15.4 Å². The first-order valence-corrected chi connectivity index (χ1v) is 10.9. The van der Waals surface area contributed by atoms with Crippen LogP contribution in [0.1, 0.15) is 27.9 Å². The van der Waals surface area contributed by atoms with Crippen molar-refractivity contribution in [3.05, 3.63) is 108 Å². The number of rotatable bonds is 10. The number of carbonyl (C=O) groups excluding carboxylic acids is 2. The van der Waals surface area contributed by atoms with Crippen molar-refractivity contribution in [1.29, 1.82) is 0 Å². The molecule has 2 aromatic heterocycles. The number of aryl methyl sites for hydroxylation is 1. The standard InChI is InChI=1S/C26H25N5O3/c32-25(10-13-31-14-12-28-19-31)30-23-5-1-4-22(15-23)26(33)29-17-20-6-8-24(9-7-20)34-18-21-3-2-11-27-16-21/h1-9,11-12,14-16,19H,10,13,17-18H2,(H,29,33)(H,30,32). The van der Waals surface area contributed by atoms with Crippen molar-refractivity contribution in [2.45, 2.75) is 26.1 Å². The normalized spacial score (nSPS) is 10.5. The minimum atomic E-state index is -0.216. The molecule has 0 aliphatic rings. The van der Waals surface area contributed by atoms with E-state index in [4.69, 9.17) is 4.74 Å². The van der Waals surface area contributed by atoms with Gasteiger partial charge < -0.3 is 19.9 Å². The third-order valence-electron chi connectivity index (χ3n) is 5.07. The summed E-state index contributed by atoms with van der Waals surface area (Å²) in [5, 5.41) is 5.74. The van der Waals surface area contributed by atoms with E-state index in [1.807, 2.05) is 41.0 Å². The van der Waals surface area contributed by atoms with Crippen LogP contribution in [0.4, 0.5) is 5.69 Å². The summed E-state index contributed by atoms with van der Waals surface area (Å²) in [6, 6.07) is 18.3. The first-order valence-electron chi connectivity index (χ1n) is 10.9. The molecule has 0 bridgehead atoms. The molecule has 2 amide bonds. The Bertz CT molecular complexity index is 1210. The monoisotopic (exact) mass is 455 g/mol. The molecule has 2 N–H and O–H groups in total. The Balaban J connectivity index is 1.24. The van der Waals surface area contributed by atoms with Gasteiger partial charge in [0.25, 0.3) is 5.91 Å². The molecular formula is C26H25N5O3. The van der Waals surface area contributed by atoms with E-state index in [0.29, 0.717) is 37.4 Å². The van der Waals surface area contributed by atoms with Gasteiger partial charge in [-0.1, -0.05) is 24.3 Å². The van der Waals surface area contributed by atoms with Crippen LogP contribution in [-0.2, 0) is 24.5 Å². The molecule has 0 radical (unpaired) electrons. The number of aromatic nitrogens is 3. The average Bonchev–Trinajstić information content (AvgIpc) is 3.40. The number of ether oxygens (including phenoxy) is 1. The smallest absolute Gasteiger partial charge is 0.251 e. The van der Waals surface area contributed by atoms with E-state index in [9.17, 15) is 9.59 Å². The minimum absolute atomic E-state index is 0.128. The lowest BCUT2D eigenvalue weighted by Crippen LogP contribution is -2.23. The largest absolute Gasteiger partial charge is 0.489 e. The number of imidazole rings is 1. The summed E-state index contributed by atoms with van der Waals surface area (Å²) >= 11 is 0. The van der Waals surface area contributed by atoms with Gasteiger partial charge in [-0.15, -0.1) is 0 Å². The van der Waals surface area contributed by atoms with Crippen molar-refractivity contribution in [2.75, 3.05) is 5.32 Å². The van der Waals surface area contributed by atoms with Crippen molar-refractivity contribution < 1.29 is 14.3 Å². The number of nitrogens with one attached hydrogen (secondary N) is 2. The van der Waals surface area contributed by atoms with Crippen molar-refractivity contribution >= 4 is 17.5 Å². The molecule has 0 saturated heterocycles. The quantitative estimate of drug-likeness (QED) is 0.379. The second-order valence-corrected chi connectivity index (χ2v) is 7.66. The van der Waals surface area contributed by atoms with E-state index in [-0.39, 0.29) is 11.8 Å². The van der Waals surface area contributed by atoms with Gasteiger partial charge in [-0.3, -0.25) is 14.6 Å². The fraction of sp³-hybridized carbons (Fsp3) is 0.154. The average molecular weight is 456 g/mol. The Morgan fingerprint density at radius 2 is 1.82 bits per heavy atom. The fourth-order valence-corrected chi connectivity index (χ4v) is 3.25. The topological polar surface area (TPSA) is 98.1 Å². The van der Waals surface area contributed by atoms with Gasteiger partial charge in [-0.25, -0.2) is 4.98 Å². The number of carbonyl (C=O) groups is 2. The molecule has 0 aliphatic carbocycles. The van der Waals surface area contributed by atoms with Gasteiger partial charge in [0.05, 0.1) is 6.33 Å². The molecule has 2 heterocycles. The van der Waals surface area contributed by atoms with Crippen LogP contribution in [-0.4, -0.2) is 26.3 Å². The Morgan fingerprint density at radius 3 is 2.59 bits per heavy atom. The molecule has 34 heavy (non-hydrogen) atoms. The third kappa shape index (κ3) is 6.77. The Hall–Kier alpha value is -4.46. The first-order chi connectivity index (χ1) is 16.7. The predicted octanol–water partition coefficient (Wildman–Crippen LogP) is 3.82. The Morgan fingerprint density at radius 1 is 0.941 bits per heavy atom. The Kier molecular flexibility index (Phi) is 7.63. The maximum absolute atomic E-state index is 12.6. The number of amides is 2. The summed E-state index contributed by atoms with van der Waals surface area (Å²) in [5.41, 5.74) is 3.00. The molecule has 8 nitrogen and oxygen atoms in total. The van der Waals surface area contributed by atoms with Gasteiger partial charge >= 0.3 is 0 Å². The summed E-state index contributed by atoms with van der Waals surface area (Å²) in [6.07, 6.45) is 8.96. The van der Waals surface area contributed by atoms with Crippen LogP contribution in [0.5, 0.6) is 5.75 Å². The van der Waals surface area contributed by atoms with Crippen molar-refractivity contribution in [1.82, 2.24) is 19.9 Å². The highest BCUT2D eigenvalue weighted by atomic mass is 16.5. The second kappa shape index (κ2) is 11.4. The zero-order valence-electron chi connectivity index (χ0n) is 18.6. The summed E-state index contributed by atoms with van der Waals surface area (Å²) < 4.78 is 7.59.